The van der Waals surface area contributed by atoms with Crippen molar-refractivity contribution in [2.75, 3.05) is 43.9 Å². The predicted molar refractivity (Wildman–Crippen MR) is 81.8 cm³/mol. The van der Waals surface area contributed by atoms with Crippen LogP contribution in [0.3, 0.4) is 0 Å². The normalized spacial score (nSPS) is 18.7. The molecule has 0 aromatic carbocycles. The Morgan fingerprint density at radius 2 is 2.38 bits per heavy atom. The van der Waals surface area contributed by atoms with Crippen molar-refractivity contribution < 1.29 is 4.92 Å². The Bertz CT molecular complexity index is 509. The van der Waals surface area contributed by atoms with Crippen LogP contribution in [0.2, 0.25) is 0 Å². The molecule has 2 heterocycles. The molecule has 1 aliphatic rings. The molecule has 1 aromatic rings. The zero-order valence-electron chi connectivity index (χ0n) is 12.7. The van der Waals surface area contributed by atoms with E-state index < -0.39 is 4.92 Å². The van der Waals surface area contributed by atoms with Crippen LogP contribution >= 0.6 is 0 Å². The van der Waals surface area contributed by atoms with E-state index in [9.17, 15) is 10.1 Å². The first kappa shape index (κ1) is 15.4. The van der Waals surface area contributed by atoms with Gasteiger partial charge in [-0.25, -0.2) is 4.98 Å². The van der Waals surface area contributed by atoms with Crippen molar-refractivity contribution in [1.82, 2.24) is 14.9 Å². The van der Waals surface area contributed by atoms with Crippen molar-refractivity contribution in [3.63, 3.8) is 0 Å². The summed E-state index contributed by atoms with van der Waals surface area (Å²) < 4.78 is 0. The fraction of sp³-hybridized carbons (Fsp3) is 0.692. The molecule has 1 atom stereocenters. The first-order valence-corrected chi connectivity index (χ1v) is 7.21. The van der Waals surface area contributed by atoms with E-state index in [1.807, 2.05) is 11.9 Å². The van der Waals surface area contributed by atoms with Gasteiger partial charge in [0.25, 0.3) is 0 Å². The van der Waals surface area contributed by atoms with Crippen LogP contribution in [0, 0.1) is 10.1 Å². The van der Waals surface area contributed by atoms with Crippen LogP contribution in [0.25, 0.3) is 0 Å². The maximum atomic E-state index is 11.2. The van der Waals surface area contributed by atoms with Gasteiger partial charge in [-0.3, -0.25) is 15.0 Å². The van der Waals surface area contributed by atoms with Crippen LogP contribution in [0.1, 0.15) is 19.8 Å². The number of rotatable bonds is 6. The molecule has 1 fully saturated rings. The molecular weight excluding hydrogens is 272 g/mol. The average molecular weight is 294 g/mol. The van der Waals surface area contributed by atoms with E-state index in [-0.39, 0.29) is 5.69 Å². The van der Waals surface area contributed by atoms with Crippen molar-refractivity contribution in [2.45, 2.75) is 25.8 Å². The first-order chi connectivity index (χ1) is 10.1. The van der Waals surface area contributed by atoms with Crippen molar-refractivity contribution in [2.24, 2.45) is 0 Å². The summed E-state index contributed by atoms with van der Waals surface area (Å²) in [6.07, 6.45) is 3.56. The number of hydrogen-bond donors (Lipinski definition) is 1. The second-order valence-corrected chi connectivity index (χ2v) is 5.21. The lowest BCUT2D eigenvalue weighted by Gasteiger charge is -2.28. The van der Waals surface area contributed by atoms with Crippen molar-refractivity contribution >= 4 is 17.5 Å². The second-order valence-electron chi connectivity index (χ2n) is 5.21. The smallest absolute Gasteiger partial charge is 0.329 e. The maximum absolute atomic E-state index is 11.2. The summed E-state index contributed by atoms with van der Waals surface area (Å²) in [6, 6.07) is 0.424. The standard InChI is InChI=1S/C13H22N6O2/c1-4-18-7-5-6-10(18)9-17(3)12-11(19(20)21)8-15-13(14-2)16-12/h8,10H,4-7,9H2,1-3H3,(H,14,15,16). The molecule has 1 N–H and O–H groups in total. The Labute approximate surface area is 124 Å². The fourth-order valence-electron chi connectivity index (χ4n) is 2.82. The number of anilines is 2. The molecule has 1 unspecified atom stereocenters. The van der Waals surface area contributed by atoms with Gasteiger partial charge in [-0.05, 0) is 25.9 Å². The van der Waals surface area contributed by atoms with Crippen LogP contribution in [-0.2, 0) is 0 Å². The Hall–Kier alpha value is -1.96. The minimum Gasteiger partial charge on any atom is -0.357 e. The topological polar surface area (TPSA) is 87.4 Å². The van der Waals surface area contributed by atoms with Gasteiger partial charge in [0.15, 0.2) is 0 Å². The fourth-order valence-corrected chi connectivity index (χ4v) is 2.82. The molecule has 0 saturated carbocycles. The summed E-state index contributed by atoms with van der Waals surface area (Å²) in [6.45, 7) is 4.98. The molecule has 8 nitrogen and oxygen atoms in total. The Kier molecular flexibility index (Phi) is 4.89. The molecule has 1 aliphatic heterocycles. The highest BCUT2D eigenvalue weighted by Gasteiger charge is 2.27. The van der Waals surface area contributed by atoms with Crippen molar-refractivity contribution in [3.8, 4) is 0 Å². The van der Waals surface area contributed by atoms with Gasteiger partial charge in [0, 0.05) is 26.7 Å². The number of likely N-dealkylation sites (tertiary alicyclic amines) is 1. The van der Waals surface area contributed by atoms with Crippen molar-refractivity contribution in [1.29, 1.82) is 0 Å². The molecular formula is C13H22N6O2. The van der Waals surface area contributed by atoms with E-state index in [1.165, 1.54) is 12.6 Å². The van der Waals surface area contributed by atoms with Gasteiger partial charge in [-0.2, -0.15) is 4.98 Å². The van der Waals surface area contributed by atoms with E-state index in [2.05, 4.69) is 27.1 Å². The first-order valence-electron chi connectivity index (χ1n) is 7.21. The SMILES string of the molecule is CCN1CCCC1CN(C)c1nc(NC)ncc1[N+](=O)[O-]. The van der Waals surface area contributed by atoms with Gasteiger partial charge in [0.2, 0.25) is 11.8 Å². The summed E-state index contributed by atoms with van der Waals surface area (Å²) in [7, 11) is 3.54. The molecule has 21 heavy (non-hydrogen) atoms. The summed E-state index contributed by atoms with van der Waals surface area (Å²) >= 11 is 0. The predicted octanol–water partition coefficient (Wildman–Crippen LogP) is 1.35. The third-order valence-corrected chi connectivity index (χ3v) is 3.92. The minimum atomic E-state index is -0.433. The zero-order chi connectivity index (χ0) is 15.4. The number of nitrogens with zero attached hydrogens (tertiary/aromatic N) is 5. The highest BCUT2D eigenvalue weighted by atomic mass is 16.6. The Balaban J connectivity index is 2.20. The molecule has 0 bridgehead atoms. The quantitative estimate of drug-likeness (QED) is 0.626. The van der Waals surface area contributed by atoms with E-state index in [1.54, 1.807) is 7.05 Å². The summed E-state index contributed by atoms with van der Waals surface area (Å²) in [4.78, 5) is 23.2. The van der Waals surface area contributed by atoms with E-state index in [4.69, 9.17) is 0 Å². The van der Waals surface area contributed by atoms with Crippen molar-refractivity contribution in [3.05, 3.63) is 16.3 Å². The molecule has 0 amide bonds. The van der Waals surface area contributed by atoms with Crippen LogP contribution in [0.4, 0.5) is 17.5 Å². The molecule has 0 aliphatic carbocycles. The molecule has 116 valence electrons. The van der Waals surface area contributed by atoms with Crippen LogP contribution in [0.15, 0.2) is 6.20 Å². The molecule has 1 aromatic heterocycles. The largest absolute Gasteiger partial charge is 0.357 e. The van der Waals surface area contributed by atoms with Crippen LogP contribution in [0.5, 0.6) is 0 Å². The number of nitrogens with one attached hydrogen (secondary N) is 1. The summed E-state index contributed by atoms with van der Waals surface area (Å²) in [5, 5.41) is 14.0. The van der Waals surface area contributed by atoms with Gasteiger partial charge in [-0.15, -0.1) is 0 Å². The lowest BCUT2D eigenvalue weighted by Crippen LogP contribution is -2.39. The number of nitro groups is 1. The number of hydrogen-bond acceptors (Lipinski definition) is 7. The monoisotopic (exact) mass is 294 g/mol. The minimum absolute atomic E-state index is 0.0578. The highest BCUT2D eigenvalue weighted by molar-refractivity contribution is 5.58. The lowest BCUT2D eigenvalue weighted by molar-refractivity contribution is -0.384. The van der Waals surface area contributed by atoms with Gasteiger partial charge >= 0.3 is 5.69 Å². The van der Waals surface area contributed by atoms with E-state index >= 15 is 0 Å². The molecule has 2 rings (SSSR count). The Morgan fingerprint density at radius 1 is 1.62 bits per heavy atom. The van der Waals surface area contributed by atoms with Crippen LogP contribution in [-0.4, -0.2) is 59.6 Å². The lowest BCUT2D eigenvalue weighted by atomic mass is 10.2. The van der Waals surface area contributed by atoms with Crippen LogP contribution < -0.4 is 10.2 Å². The molecule has 0 spiro atoms. The highest BCUT2D eigenvalue weighted by Crippen LogP contribution is 2.27. The van der Waals surface area contributed by atoms with Gasteiger partial charge in [0.1, 0.15) is 6.20 Å². The average Bonchev–Trinajstić information content (AvgIpc) is 2.93. The number of likely N-dealkylation sites (N-methyl/N-ethyl adjacent to an activating group) is 2. The third kappa shape index (κ3) is 3.38. The molecule has 8 heteroatoms. The van der Waals surface area contributed by atoms with Gasteiger partial charge in [0.05, 0.1) is 4.92 Å². The maximum Gasteiger partial charge on any atom is 0.329 e. The summed E-state index contributed by atoms with van der Waals surface area (Å²) in [5.74, 6) is 0.753. The molecule has 1 saturated heterocycles. The van der Waals surface area contributed by atoms with E-state index in [0.29, 0.717) is 17.8 Å². The second kappa shape index (κ2) is 6.66. The third-order valence-electron chi connectivity index (χ3n) is 3.92. The molecule has 0 radical (unpaired) electrons. The number of aromatic nitrogens is 2. The van der Waals surface area contributed by atoms with E-state index in [0.717, 1.165) is 26.1 Å². The summed E-state index contributed by atoms with van der Waals surface area (Å²) in [5.41, 5.74) is -0.0578. The van der Waals surface area contributed by atoms with Gasteiger partial charge in [-0.1, -0.05) is 6.92 Å². The Morgan fingerprint density at radius 3 is 3.00 bits per heavy atom. The zero-order valence-corrected chi connectivity index (χ0v) is 12.7. The van der Waals surface area contributed by atoms with Gasteiger partial charge < -0.3 is 10.2 Å².